The topological polar surface area (TPSA) is 38.3 Å². The number of nitrogens with one attached hydrogen (secondary N) is 1. The Balaban J connectivity index is 4.64. The Kier molecular flexibility index (Phi) is 4.49. The predicted molar refractivity (Wildman–Crippen MR) is 67.3 cm³/mol. The van der Waals surface area contributed by atoms with E-state index in [4.69, 9.17) is 8.05 Å². The number of hydrogen-bond donors (Lipinski definition) is 1. The van der Waals surface area contributed by atoms with E-state index in [1.165, 1.54) is 0 Å². The quantitative estimate of drug-likeness (QED) is 0.749. The van der Waals surface area contributed by atoms with E-state index in [0.717, 1.165) is 6.42 Å². The van der Waals surface area contributed by atoms with Crippen LogP contribution in [0.2, 0.25) is 0 Å². The minimum Gasteiger partial charge on any atom is -0.528 e. The lowest BCUT2D eigenvalue weighted by molar-refractivity contribution is 0.0825. The van der Waals surface area contributed by atoms with Gasteiger partial charge in [0.25, 0.3) is 0 Å². The van der Waals surface area contributed by atoms with Crippen molar-refractivity contribution >= 4 is 14.1 Å². The van der Waals surface area contributed by atoms with Gasteiger partial charge in [0.2, 0.25) is 0 Å². The van der Waals surface area contributed by atoms with Crippen molar-refractivity contribution in [3.63, 3.8) is 0 Å². The van der Waals surface area contributed by atoms with Crippen LogP contribution in [-0.4, -0.2) is 19.7 Å². The van der Waals surface area contributed by atoms with E-state index in [9.17, 15) is 4.79 Å². The molecule has 1 amide bonds. The molecule has 0 aliphatic heterocycles. The smallest absolute Gasteiger partial charge is 0.388 e. The third-order valence-electron chi connectivity index (χ3n) is 3.46. The van der Waals surface area contributed by atoms with Gasteiger partial charge in [-0.3, -0.25) is 0 Å². The minimum atomic E-state index is -0.588. The second-order valence-corrected chi connectivity index (χ2v) is 6.72. The Morgan fingerprint density at radius 1 is 1.12 bits per heavy atom. The molecule has 0 fully saturated rings. The molecule has 92 valence electrons. The summed E-state index contributed by atoms with van der Waals surface area (Å²) in [5.74, 6) is 0. The molecular weight excluding hydrogens is 201 g/mol. The van der Waals surface area contributed by atoms with Crippen molar-refractivity contribution in [2.45, 2.75) is 60.4 Å². The zero-order valence-electron chi connectivity index (χ0n) is 11.6. The number of amides is 1. The maximum absolute atomic E-state index is 11.1. The van der Waals surface area contributed by atoms with Gasteiger partial charge in [-0.25, -0.2) is 4.79 Å². The van der Waals surface area contributed by atoms with Crippen molar-refractivity contribution < 1.29 is 9.45 Å². The number of rotatable bonds is 3. The number of carbonyl (C=O) groups excluding carboxylic acids is 1. The van der Waals surface area contributed by atoms with E-state index in [1.807, 2.05) is 13.8 Å². The second kappa shape index (κ2) is 4.68. The van der Waals surface area contributed by atoms with E-state index < -0.39 is 6.09 Å². The highest BCUT2D eigenvalue weighted by atomic mass is 16.5. The molecule has 0 bridgehead atoms. The van der Waals surface area contributed by atoms with Gasteiger partial charge in [-0.05, 0) is 31.1 Å². The Bertz CT molecular complexity index is 254. The van der Waals surface area contributed by atoms with E-state index in [1.54, 1.807) is 0 Å². The summed E-state index contributed by atoms with van der Waals surface area (Å²) < 4.78 is 4.14. The van der Waals surface area contributed by atoms with Crippen LogP contribution in [0.3, 0.4) is 0 Å². The third kappa shape index (κ3) is 4.46. The van der Waals surface area contributed by atoms with Crippen LogP contribution in [-0.2, 0) is 4.65 Å². The molecule has 0 spiro atoms. The molecule has 0 aromatic heterocycles. The molecular formula is C12H24BNO2. The fourth-order valence-corrected chi connectivity index (χ4v) is 1.72. The van der Waals surface area contributed by atoms with Gasteiger partial charge in [0.15, 0.2) is 0 Å². The molecule has 0 unspecified atom stereocenters. The van der Waals surface area contributed by atoms with Crippen molar-refractivity contribution in [1.29, 1.82) is 0 Å². The van der Waals surface area contributed by atoms with Crippen molar-refractivity contribution in [3.05, 3.63) is 0 Å². The lowest BCUT2D eigenvalue weighted by atomic mass is 9.64. The Labute approximate surface area is 101 Å². The summed E-state index contributed by atoms with van der Waals surface area (Å²) in [6.45, 7) is 14.9. The molecule has 3 nitrogen and oxygen atoms in total. The molecule has 16 heavy (non-hydrogen) atoms. The fraction of sp³-hybridized carbons (Fsp3) is 0.917. The SMILES string of the molecule is [B]OC(=O)NC(C)(C)CC(C)(C)C(C)(C)C. The summed E-state index contributed by atoms with van der Waals surface area (Å²) in [4.78, 5) is 11.1. The molecule has 0 aromatic carbocycles. The maximum atomic E-state index is 11.1. The van der Waals surface area contributed by atoms with Gasteiger partial charge < -0.3 is 9.97 Å². The zero-order chi connectivity index (χ0) is 13.2. The van der Waals surface area contributed by atoms with E-state index in [-0.39, 0.29) is 16.4 Å². The highest BCUT2D eigenvalue weighted by Crippen LogP contribution is 2.43. The molecule has 0 aliphatic carbocycles. The summed E-state index contributed by atoms with van der Waals surface area (Å²) in [6.07, 6.45) is 0.258. The van der Waals surface area contributed by atoms with Crippen molar-refractivity contribution in [1.82, 2.24) is 5.32 Å². The average Bonchev–Trinajstić information content (AvgIpc) is 1.98. The zero-order valence-corrected chi connectivity index (χ0v) is 11.6. The Morgan fingerprint density at radius 2 is 1.56 bits per heavy atom. The predicted octanol–water partition coefficient (Wildman–Crippen LogP) is 3.04. The molecule has 4 heteroatoms. The number of carbonyl (C=O) groups is 1. The molecule has 0 aliphatic rings. The normalized spacial score (nSPS) is 13.4. The first-order valence-electron chi connectivity index (χ1n) is 5.60. The van der Waals surface area contributed by atoms with Crippen LogP contribution >= 0.6 is 0 Å². The van der Waals surface area contributed by atoms with E-state index >= 15 is 0 Å². The van der Waals surface area contributed by atoms with E-state index in [0.29, 0.717) is 0 Å². The second-order valence-electron chi connectivity index (χ2n) is 6.72. The molecule has 2 radical (unpaired) electrons. The monoisotopic (exact) mass is 225 g/mol. The van der Waals surface area contributed by atoms with Crippen LogP contribution < -0.4 is 5.32 Å². The van der Waals surface area contributed by atoms with Gasteiger partial charge in [-0.15, -0.1) is 0 Å². The molecule has 0 atom stereocenters. The maximum Gasteiger partial charge on any atom is 0.388 e. The first kappa shape index (κ1) is 15.3. The van der Waals surface area contributed by atoms with Crippen LogP contribution in [0.1, 0.15) is 54.9 Å². The van der Waals surface area contributed by atoms with Crippen LogP contribution in [0.4, 0.5) is 4.79 Å². The lowest BCUT2D eigenvalue weighted by Gasteiger charge is -2.44. The van der Waals surface area contributed by atoms with Gasteiger partial charge in [-0.1, -0.05) is 34.6 Å². The summed E-state index contributed by atoms with van der Waals surface area (Å²) in [6, 6.07) is 0. The van der Waals surface area contributed by atoms with Gasteiger partial charge in [-0.2, -0.15) is 0 Å². The summed E-state index contributed by atoms with van der Waals surface area (Å²) >= 11 is 0. The molecule has 0 aromatic rings. The van der Waals surface area contributed by atoms with Gasteiger partial charge in [0.05, 0.1) is 0 Å². The fourth-order valence-electron chi connectivity index (χ4n) is 1.72. The molecule has 0 saturated carbocycles. The van der Waals surface area contributed by atoms with Gasteiger partial charge >= 0.3 is 14.1 Å². The third-order valence-corrected chi connectivity index (χ3v) is 3.46. The van der Waals surface area contributed by atoms with E-state index in [2.05, 4.69) is 44.6 Å². The van der Waals surface area contributed by atoms with Crippen LogP contribution in [0.15, 0.2) is 0 Å². The Hall–Kier alpha value is -0.665. The van der Waals surface area contributed by atoms with Gasteiger partial charge in [0, 0.05) is 5.54 Å². The first-order chi connectivity index (χ1) is 6.91. The molecule has 0 rings (SSSR count). The molecule has 0 heterocycles. The summed E-state index contributed by atoms with van der Waals surface area (Å²) in [5.41, 5.74) is -0.0792. The summed E-state index contributed by atoms with van der Waals surface area (Å²) in [7, 11) is 4.82. The largest absolute Gasteiger partial charge is 0.528 e. The number of hydrogen-bond acceptors (Lipinski definition) is 2. The van der Waals surface area contributed by atoms with Crippen LogP contribution in [0.25, 0.3) is 0 Å². The van der Waals surface area contributed by atoms with Crippen molar-refractivity contribution in [2.24, 2.45) is 10.8 Å². The molecule has 1 N–H and O–H groups in total. The van der Waals surface area contributed by atoms with Crippen molar-refractivity contribution in [2.75, 3.05) is 0 Å². The van der Waals surface area contributed by atoms with Crippen LogP contribution in [0, 0.1) is 10.8 Å². The first-order valence-corrected chi connectivity index (χ1v) is 5.60. The highest BCUT2D eigenvalue weighted by Gasteiger charge is 2.38. The van der Waals surface area contributed by atoms with Crippen LogP contribution in [0.5, 0.6) is 0 Å². The standard InChI is InChI=1S/C12H24BNO2/c1-10(2,3)11(4,5)8-12(6,7)14-9(15)16-13/h8H2,1-7H3,(H,14,15). The minimum absolute atomic E-state index is 0.0956. The average molecular weight is 225 g/mol. The highest BCUT2D eigenvalue weighted by molar-refractivity contribution is 6.05. The lowest BCUT2D eigenvalue weighted by Crippen LogP contribution is -2.48. The molecule has 0 saturated heterocycles. The summed E-state index contributed by atoms with van der Waals surface area (Å²) in [5, 5.41) is 2.75. The van der Waals surface area contributed by atoms with Crippen molar-refractivity contribution in [3.8, 4) is 0 Å². The van der Waals surface area contributed by atoms with Gasteiger partial charge in [0.1, 0.15) is 0 Å². The Morgan fingerprint density at radius 3 is 1.88 bits per heavy atom.